The number of ketones is 1. The van der Waals surface area contributed by atoms with Crippen LogP contribution in [0.1, 0.15) is 28.8 Å². The molecule has 4 rings (SSSR count). The number of hydrogen-bond acceptors (Lipinski definition) is 5. The van der Waals surface area contributed by atoms with Gasteiger partial charge >= 0.3 is 0 Å². The minimum atomic E-state index is 0.0176. The van der Waals surface area contributed by atoms with E-state index in [1.54, 1.807) is 26.4 Å². The number of Topliss-reactive ketones (excluding diaryl/α,β-unsaturated/α-hetero) is 1. The lowest BCUT2D eigenvalue weighted by Gasteiger charge is -2.48. The number of ether oxygens (including phenoxy) is 3. The number of rotatable bonds is 6. The highest BCUT2D eigenvalue weighted by atomic mass is 16.5. The number of benzene rings is 2. The van der Waals surface area contributed by atoms with Crippen LogP contribution in [0.15, 0.2) is 48.5 Å². The van der Waals surface area contributed by atoms with Gasteiger partial charge in [0.1, 0.15) is 0 Å². The lowest BCUT2D eigenvalue weighted by molar-refractivity contribution is -0.0872. The summed E-state index contributed by atoms with van der Waals surface area (Å²) in [6.45, 7) is 2.30. The fraction of sp³-hybridized carbons (Fsp3) is 0.435. The molecule has 2 unspecified atom stereocenters. The van der Waals surface area contributed by atoms with E-state index in [1.807, 2.05) is 12.1 Å². The van der Waals surface area contributed by atoms with Crippen LogP contribution in [-0.4, -0.2) is 50.2 Å². The zero-order chi connectivity index (χ0) is 19.5. The third-order valence-corrected chi connectivity index (χ3v) is 5.92. The Kier molecular flexibility index (Phi) is 5.64. The number of carbonyl (C=O) groups is 1. The van der Waals surface area contributed by atoms with E-state index in [-0.39, 0.29) is 23.8 Å². The van der Waals surface area contributed by atoms with Crippen molar-refractivity contribution in [3.63, 3.8) is 0 Å². The summed E-state index contributed by atoms with van der Waals surface area (Å²) in [6.07, 6.45) is 1.66. The van der Waals surface area contributed by atoms with E-state index < -0.39 is 0 Å². The molecule has 2 aliphatic heterocycles. The van der Waals surface area contributed by atoms with Gasteiger partial charge in [0.25, 0.3) is 0 Å². The Labute approximate surface area is 166 Å². The Bertz CT molecular complexity index is 809. The predicted octanol–water partition coefficient (Wildman–Crippen LogP) is 3.57. The molecule has 0 radical (unpaired) electrons. The number of fused-ring (bicyclic) bond motifs is 2. The summed E-state index contributed by atoms with van der Waals surface area (Å²) >= 11 is 0. The van der Waals surface area contributed by atoms with Gasteiger partial charge in [-0.25, -0.2) is 0 Å². The fourth-order valence-corrected chi connectivity index (χ4v) is 4.48. The van der Waals surface area contributed by atoms with Crippen LogP contribution < -0.4 is 9.47 Å². The molecule has 2 aliphatic rings. The molecule has 2 aromatic rings. The van der Waals surface area contributed by atoms with Crippen LogP contribution in [0.5, 0.6) is 11.5 Å². The number of carbonyl (C=O) groups excluding carboxylic acids is 1. The monoisotopic (exact) mass is 381 g/mol. The molecule has 0 N–H and O–H groups in total. The van der Waals surface area contributed by atoms with Gasteiger partial charge in [-0.15, -0.1) is 0 Å². The molecular weight excluding hydrogens is 354 g/mol. The zero-order valence-electron chi connectivity index (χ0n) is 16.5. The van der Waals surface area contributed by atoms with Crippen molar-refractivity contribution < 1.29 is 19.0 Å². The Morgan fingerprint density at radius 1 is 1.00 bits per heavy atom. The van der Waals surface area contributed by atoms with Crippen molar-refractivity contribution in [3.05, 3.63) is 59.7 Å². The van der Waals surface area contributed by atoms with Gasteiger partial charge in [0.2, 0.25) is 0 Å². The van der Waals surface area contributed by atoms with Crippen LogP contribution in [0.25, 0.3) is 0 Å². The van der Waals surface area contributed by atoms with Crippen LogP contribution in [-0.2, 0) is 11.3 Å². The third kappa shape index (κ3) is 3.77. The second-order valence-electron chi connectivity index (χ2n) is 7.61. The van der Waals surface area contributed by atoms with E-state index in [0.717, 1.165) is 19.4 Å². The molecule has 0 saturated carbocycles. The van der Waals surface area contributed by atoms with Crippen molar-refractivity contribution in [1.82, 2.24) is 4.90 Å². The Morgan fingerprint density at radius 2 is 1.68 bits per heavy atom. The highest BCUT2D eigenvalue weighted by Crippen LogP contribution is 2.36. The SMILES string of the molecule is COc1ccc(C(=O)C2CC3COCC(C2)N3Cc2ccccc2)cc1OC. The van der Waals surface area contributed by atoms with Gasteiger partial charge in [-0.1, -0.05) is 30.3 Å². The Hall–Kier alpha value is -2.37. The van der Waals surface area contributed by atoms with Crippen molar-refractivity contribution in [1.29, 1.82) is 0 Å². The normalized spacial score (nSPS) is 24.6. The first-order chi connectivity index (χ1) is 13.7. The third-order valence-electron chi connectivity index (χ3n) is 5.92. The maximum absolute atomic E-state index is 13.2. The van der Waals surface area contributed by atoms with E-state index in [2.05, 4.69) is 29.2 Å². The Balaban J connectivity index is 1.50. The minimum Gasteiger partial charge on any atom is -0.493 e. The fourth-order valence-electron chi connectivity index (χ4n) is 4.48. The largest absolute Gasteiger partial charge is 0.493 e. The van der Waals surface area contributed by atoms with Crippen molar-refractivity contribution in [2.45, 2.75) is 31.5 Å². The van der Waals surface area contributed by atoms with Crippen molar-refractivity contribution >= 4 is 5.78 Å². The summed E-state index contributed by atoms with van der Waals surface area (Å²) in [5, 5.41) is 0. The molecule has 2 bridgehead atoms. The molecule has 2 aromatic carbocycles. The minimum absolute atomic E-state index is 0.0176. The maximum atomic E-state index is 13.2. The van der Waals surface area contributed by atoms with Gasteiger partial charge in [-0.2, -0.15) is 0 Å². The zero-order valence-corrected chi connectivity index (χ0v) is 16.5. The van der Waals surface area contributed by atoms with Crippen molar-refractivity contribution in [3.8, 4) is 11.5 Å². The molecule has 0 aliphatic carbocycles. The first-order valence-electron chi connectivity index (χ1n) is 9.83. The first-order valence-corrected chi connectivity index (χ1v) is 9.83. The first kappa shape index (κ1) is 19.0. The van der Waals surface area contributed by atoms with Crippen molar-refractivity contribution in [2.75, 3.05) is 27.4 Å². The van der Waals surface area contributed by atoms with E-state index in [1.165, 1.54) is 5.56 Å². The van der Waals surface area contributed by atoms with Gasteiger partial charge in [0.05, 0.1) is 27.4 Å². The molecule has 2 atom stereocenters. The number of morpholine rings is 1. The molecule has 28 heavy (non-hydrogen) atoms. The summed E-state index contributed by atoms with van der Waals surface area (Å²) in [6, 6.07) is 16.5. The maximum Gasteiger partial charge on any atom is 0.166 e. The van der Waals surface area contributed by atoms with Crippen LogP contribution in [0.4, 0.5) is 0 Å². The van der Waals surface area contributed by atoms with Gasteiger partial charge in [0.15, 0.2) is 17.3 Å². The van der Waals surface area contributed by atoms with Gasteiger partial charge in [-0.05, 0) is 36.6 Å². The number of methoxy groups -OCH3 is 2. The van der Waals surface area contributed by atoms with Gasteiger partial charge < -0.3 is 14.2 Å². The topological polar surface area (TPSA) is 48.0 Å². The van der Waals surface area contributed by atoms with E-state index >= 15 is 0 Å². The molecular formula is C23H27NO4. The van der Waals surface area contributed by atoms with Gasteiger partial charge in [-0.3, -0.25) is 9.69 Å². The molecule has 2 saturated heterocycles. The van der Waals surface area contributed by atoms with E-state index in [4.69, 9.17) is 14.2 Å². The highest BCUT2D eigenvalue weighted by Gasteiger charge is 2.41. The second kappa shape index (κ2) is 8.33. The molecule has 0 aromatic heterocycles. The number of nitrogens with zero attached hydrogens (tertiary/aromatic N) is 1. The van der Waals surface area contributed by atoms with E-state index in [0.29, 0.717) is 30.3 Å². The number of piperidine rings is 1. The summed E-state index contributed by atoms with van der Waals surface area (Å²) in [7, 11) is 3.19. The quantitative estimate of drug-likeness (QED) is 0.716. The lowest BCUT2D eigenvalue weighted by Crippen LogP contribution is -2.57. The average molecular weight is 381 g/mol. The van der Waals surface area contributed by atoms with Crippen molar-refractivity contribution in [2.24, 2.45) is 5.92 Å². The van der Waals surface area contributed by atoms with Crippen LogP contribution >= 0.6 is 0 Å². The summed E-state index contributed by atoms with van der Waals surface area (Å²) in [4.78, 5) is 15.7. The average Bonchev–Trinajstić information content (AvgIpc) is 2.73. The standard InChI is InChI=1S/C23H27NO4/c1-26-21-9-8-17(12-22(21)27-2)23(25)18-10-19-14-28-15-20(11-18)24(19)13-16-6-4-3-5-7-16/h3-9,12,18-20H,10-11,13-15H2,1-2H3. The smallest absolute Gasteiger partial charge is 0.166 e. The molecule has 0 spiro atoms. The lowest BCUT2D eigenvalue weighted by atomic mass is 9.80. The molecule has 2 heterocycles. The Morgan fingerprint density at radius 3 is 2.32 bits per heavy atom. The molecule has 5 nitrogen and oxygen atoms in total. The molecule has 5 heteroatoms. The summed E-state index contributed by atoms with van der Waals surface area (Å²) in [5.74, 6) is 1.45. The molecule has 148 valence electrons. The van der Waals surface area contributed by atoms with Crippen LogP contribution in [0, 0.1) is 5.92 Å². The van der Waals surface area contributed by atoms with Crippen LogP contribution in [0.3, 0.4) is 0 Å². The van der Waals surface area contributed by atoms with Crippen LogP contribution in [0.2, 0.25) is 0 Å². The summed E-state index contributed by atoms with van der Waals surface area (Å²) < 4.78 is 16.5. The molecule has 0 amide bonds. The van der Waals surface area contributed by atoms with E-state index in [9.17, 15) is 4.79 Å². The predicted molar refractivity (Wildman–Crippen MR) is 107 cm³/mol. The van der Waals surface area contributed by atoms with Gasteiger partial charge in [0, 0.05) is 30.1 Å². The second-order valence-corrected chi connectivity index (χ2v) is 7.61. The number of hydrogen-bond donors (Lipinski definition) is 0. The summed E-state index contributed by atoms with van der Waals surface area (Å²) in [5.41, 5.74) is 2.00. The highest BCUT2D eigenvalue weighted by molar-refractivity contribution is 5.98. The molecule has 2 fully saturated rings.